The van der Waals surface area contributed by atoms with Crippen LogP contribution in [-0.4, -0.2) is 22.3 Å². The summed E-state index contributed by atoms with van der Waals surface area (Å²) in [6.07, 6.45) is 4.13. The van der Waals surface area contributed by atoms with E-state index in [0.29, 0.717) is 17.5 Å². The van der Waals surface area contributed by atoms with Crippen LogP contribution in [0.4, 0.5) is 5.69 Å². The van der Waals surface area contributed by atoms with Crippen LogP contribution >= 0.6 is 7.26 Å². The number of nitrogens with one attached hydrogen (secondary N) is 3. The van der Waals surface area contributed by atoms with Crippen molar-refractivity contribution in [2.45, 2.75) is 46.5 Å². The van der Waals surface area contributed by atoms with E-state index in [-0.39, 0.29) is 16.9 Å². The number of aromatic nitrogens is 2. The molecule has 0 spiro atoms. The second kappa shape index (κ2) is 12.7. The average molecular weight is 580 g/mol. The molecule has 0 saturated carbocycles. The van der Waals surface area contributed by atoms with E-state index in [1.807, 2.05) is 0 Å². The molecule has 0 bridgehead atoms. The molecule has 0 unspecified atom stereocenters. The predicted molar refractivity (Wildman–Crippen MR) is 178 cm³/mol. The molecule has 1 heterocycles. The number of fused-ring (bicyclic) bond motifs is 1. The van der Waals surface area contributed by atoms with Crippen LogP contribution in [0.2, 0.25) is 0 Å². The molecular weight excluding hydrogens is 541 g/mol. The van der Waals surface area contributed by atoms with Crippen molar-refractivity contribution in [2.75, 3.05) is 11.5 Å². The number of anilines is 1. The molecule has 0 fully saturated rings. The van der Waals surface area contributed by atoms with Crippen molar-refractivity contribution >= 4 is 45.5 Å². The van der Waals surface area contributed by atoms with Gasteiger partial charge in [-0.2, -0.15) is 0 Å². The number of hydrogen-bond acceptors (Lipinski definition) is 3. The number of aryl methyl sites for hydroxylation is 3. The van der Waals surface area contributed by atoms with Gasteiger partial charge < -0.3 is 0 Å². The van der Waals surface area contributed by atoms with Crippen LogP contribution in [-0.2, 0) is 4.79 Å². The van der Waals surface area contributed by atoms with Crippen molar-refractivity contribution < 1.29 is 4.79 Å². The minimum atomic E-state index is -2.33. The molecule has 6 nitrogen and oxygen atoms in total. The molecule has 0 atom stereocenters. The van der Waals surface area contributed by atoms with Gasteiger partial charge in [-0.05, 0) is 0 Å². The Morgan fingerprint density at radius 1 is 0.619 bits per heavy atom. The van der Waals surface area contributed by atoms with Crippen LogP contribution in [0.25, 0.3) is 10.8 Å². The fraction of sp³-hybridized carbons (Fsp3) is 0.229. The first-order valence-corrected chi connectivity index (χ1v) is 16.7. The molecule has 5 aromatic rings. The van der Waals surface area contributed by atoms with E-state index in [0.717, 1.165) is 25.4 Å². The van der Waals surface area contributed by atoms with Crippen molar-refractivity contribution in [3.63, 3.8) is 0 Å². The third kappa shape index (κ3) is 6.29. The number of carbonyl (C=O) groups is 1. The number of hydrogen-bond donors (Lipinski definition) is 3. The zero-order valence-corrected chi connectivity index (χ0v) is 25.4. The molecule has 4 aromatic carbocycles. The first-order valence-electron chi connectivity index (χ1n) is 14.5. The van der Waals surface area contributed by atoms with Gasteiger partial charge in [-0.1, -0.05) is 0 Å². The normalized spacial score (nSPS) is 11.9. The minimum absolute atomic E-state index is 0.102. The summed E-state index contributed by atoms with van der Waals surface area (Å²) in [6, 6.07) is 32.0. The molecule has 0 saturated heterocycles. The number of benzene rings is 4. The van der Waals surface area contributed by atoms with Gasteiger partial charge in [0.2, 0.25) is 0 Å². The third-order valence-corrected chi connectivity index (χ3v) is 13.2. The zero-order valence-electron chi connectivity index (χ0n) is 24.4. The van der Waals surface area contributed by atoms with Gasteiger partial charge >= 0.3 is 237 Å². The molecule has 0 aliphatic carbocycles. The van der Waals surface area contributed by atoms with Crippen LogP contribution in [0.15, 0.2) is 101 Å². The van der Waals surface area contributed by atoms with E-state index in [2.05, 4.69) is 109 Å². The number of amides is 1. The predicted octanol–water partition coefficient (Wildman–Crippen LogP) is 5.37. The van der Waals surface area contributed by atoms with Crippen molar-refractivity contribution in [1.29, 1.82) is 0 Å². The monoisotopic (exact) mass is 579 g/mol. The Morgan fingerprint density at radius 2 is 1.10 bits per heavy atom. The first-order chi connectivity index (χ1) is 20.3. The second-order valence-electron chi connectivity index (χ2n) is 11.3. The molecule has 3 N–H and O–H groups in total. The summed E-state index contributed by atoms with van der Waals surface area (Å²) in [6.45, 7) is 6.39. The molecule has 7 heteroatoms. The van der Waals surface area contributed by atoms with Gasteiger partial charge in [-0.15, -0.1) is 0 Å². The van der Waals surface area contributed by atoms with Gasteiger partial charge in [0.15, 0.2) is 0 Å². The summed E-state index contributed by atoms with van der Waals surface area (Å²) < 4.78 is 0. The van der Waals surface area contributed by atoms with Gasteiger partial charge in [0, 0.05) is 0 Å². The molecule has 5 rings (SSSR count). The summed E-state index contributed by atoms with van der Waals surface area (Å²) >= 11 is 0. The Kier molecular flexibility index (Phi) is 8.84. The van der Waals surface area contributed by atoms with Crippen molar-refractivity contribution in [3.8, 4) is 0 Å². The van der Waals surface area contributed by atoms with Crippen molar-refractivity contribution in [2.24, 2.45) is 0 Å². The van der Waals surface area contributed by atoms with E-state index in [1.54, 1.807) is 18.2 Å². The van der Waals surface area contributed by atoms with Crippen LogP contribution in [0.3, 0.4) is 0 Å². The molecule has 1 amide bonds. The quantitative estimate of drug-likeness (QED) is 0.153. The Balaban J connectivity index is 1.32. The van der Waals surface area contributed by atoms with Gasteiger partial charge in [0.25, 0.3) is 0 Å². The zero-order chi connectivity index (χ0) is 29.7. The Hall–Kier alpha value is -4.28. The van der Waals surface area contributed by atoms with Gasteiger partial charge in [0.1, 0.15) is 0 Å². The number of H-pyrrole nitrogens is 2. The summed E-state index contributed by atoms with van der Waals surface area (Å²) in [7, 11) is -2.33. The summed E-state index contributed by atoms with van der Waals surface area (Å²) in [5, 5.41) is 12.3. The van der Waals surface area contributed by atoms with Crippen molar-refractivity contribution in [3.05, 3.63) is 128 Å². The number of rotatable bonds is 10. The number of aromatic amines is 2. The maximum absolute atomic E-state index is 12.8. The standard InChI is InChI=1S/C35H38N3O3P/c1-24-8-15-28(16-9-24)42(29-17-10-25(2)11-18-29,30-19-12-26(3)13-20-30)22-6-4-5-7-33(39)36-27-14-21-31-32(23-27)35(41)38-37-34(31)40/h8-21,23,42H,4-7,22H2,1-3H3,(H,36,39)(H,37,40)(H,38,41). The molecule has 42 heavy (non-hydrogen) atoms. The summed E-state index contributed by atoms with van der Waals surface area (Å²) in [4.78, 5) is 36.8. The van der Waals surface area contributed by atoms with Gasteiger partial charge in [0.05, 0.1) is 0 Å². The Bertz CT molecular complexity index is 1690. The molecule has 0 aliphatic heterocycles. The molecule has 0 aliphatic rings. The number of carbonyl (C=O) groups excluding carboxylic acids is 1. The molecule has 216 valence electrons. The topological polar surface area (TPSA) is 94.8 Å². The maximum atomic E-state index is 12.8. The van der Waals surface area contributed by atoms with Crippen LogP contribution in [0.5, 0.6) is 0 Å². The van der Waals surface area contributed by atoms with Gasteiger partial charge in [-0.3, -0.25) is 9.89 Å². The summed E-state index contributed by atoms with van der Waals surface area (Å²) in [5.41, 5.74) is 3.50. The van der Waals surface area contributed by atoms with E-state index in [9.17, 15) is 14.4 Å². The SMILES string of the molecule is Cc1ccc([PH](CCCCCC(=O)Nc2ccc3c(=O)[nH][nH]c(=O)c3c2)(c2ccc(C)cc2)c2ccc(C)cc2)cc1. The molecule has 0 radical (unpaired) electrons. The third-order valence-electron chi connectivity index (χ3n) is 8.17. The van der Waals surface area contributed by atoms with E-state index < -0.39 is 12.8 Å². The van der Waals surface area contributed by atoms with Gasteiger partial charge in [-0.25, -0.2) is 0 Å². The Labute approximate surface area is 246 Å². The second-order valence-corrected chi connectivity index (χ2v) is 15.3. The fourth-order valence-corrected chi connectivity index (χ4v) is 10.6. The molecular formula is C35H38N3O3P. The van der Waals surface area contributed by atoms with Crippen LogP contribution in [0.1, 0.15) is 42.4 Å². The first kappa shape index (κ1) is 29.2. The average Bonchev–Trinajstić information content (AvgIpc) is 2.99. The summed E-state index contributed by atoms with van der Waals surface area (Å²) in [5.74, 6) is -0.102. The van der Waals surface area contributed by atoms with E-state index in [4.69, 9.17) is 0 Å². The molecule has 1 aromatic heterocycles. The van der Waals surface area contributed by atoms with E-state index in [1.165, 1.54) is 32.6 Å². The van der Waals surface area contributed by atoms with Crippen molar-refractivity contribution in [1.82, 2.24) is 10.2 Å². The van der Waals surface area contributed by atoms with Crippen LogP contribution in [0, 0.1) is 20.8 Å². The number of unbranched alkanes of at least 4 members (excludes halogenated alkanes) is 2. The Morgan fingerprint density at radius 3 is 1.60 bits per heavy atom. The van der Waals surface area contributed by atoms with Crippen LogP contribution < -0.4 is 32.3 Å². The van der Waals surface area contributed by atoms with E-state index >= 15 is 0 Å². The fourth-order valence-electron chi connectivity index (χ4n) is 5.78.